The molecule has 0 radical (unpaired) electrons. The maximum Gasteiger partial charge on any atom is 0.0645 e. The average Bonchev–Trinajstić information content (AvgIpc) is 3.05. The van der Waals surface area contributed by atoms with Crippen LogP contribution in [0.15, 0.2) is 37.1 Å². The lowest BCUT2D eigenvalue weighted by Gasteiger charge is -2.23. The van der Waals surface area contributed by atoms with Crippen LogP contribution in [0.5, 0.6) is 0 Å². The van der Waals surface area contributed by atoms with E-state index in [1.165, 1.54) is 15.4 Å². The van der Waals surface area contributed by atoms with Crippen molar-refractivity contribution in [3.05, 3.63) is 52.5 Å². The zero-order valence-electron chi connectivity index (χ0n) is 13.1. The van der Waals surface area contributed by atoms with Gasteiger partial charge >= 0.3 is 0 Å². The van der Waals surface area contributed by atoms with Crippen molar-refractivity contribution >= 4 is 11.3 Å². The molecule has 1 unspecified atom stereocenters. The molecule has 2 aromatic heterocycles. The van der Waals surface area contributed by atoms with E-state index in [1.807, 2.05) is 23.6 Å². The fourth-order valence-electron chi connectivity index (χ4n) is 2.95. The third-order valence-electron chi connectivity index (χ3n) is 3.90. The molecule has 0 spiro atoms. The summed E-state index contributed by atoms with van der Waals surface area (Å²) in [6, 6.07) is 6.57. The summed E-state index contributed by atoms with van der Waals surface area (Å²) in [4.78, 5) is 5.31. The normalized spacial score (nSPS) is 18.9. The van der Waals surface area contributed by atoms with E-state index in [1.54, 1.807) is 0 Å². The molecule has 3 heterocycles. The molecule has 1 aliphatic rings. The van der Waals surface area contributed by atoms with Crippen molar-refractivity contribution in [3.63, 3.8) is 0 Å². The van der Waals surface area contributed by atoms with Crippen LogP contribution in [0.2, 0.25) is 0 Å². The lowest BCUT2D eigenvalue weighted by molar-refractivity contribution is 0.0935. The first kappa shape index (κ1) is 15.5. The van der Waals surface area contributed by atoms with Gasteiger partial charge in [0.05, 0.1) is 18.9 Å². The molecule has 0 saturated carbocycles. The molecule has 2 aromatic rings. The van der Waals surface area contributed by atoms with E-state index >= 15 is 0 Å². The molecule has 1 aliphatic heterocycles. The van der Waals surface area contributed by atoms with Gasteiger partial charge < -0.3 is 4.74 Å². The van der Waals surface area contributed by atoms with Gasteiger partial charge in [0.2, 0.25) is 0 Å². The smallest absolute Gasteiger partial charge is 0.0645 e. The van der Waals surface area contributed by atoms with Gasteiger partial charge in [-0.1, -0.05) is 6.08 Å². The summed E-state index contributed by atoms with van der Waals surface area (Å²) in [5.74, 6) is 0.460. The lowest BCUT2D eigenvalue weighted by Crippen LogP contribution is -2.29. The molecule has 3 rings (SSSR count). The second kappa shape index (κ2) is 7.22. The van der Waals surface area contributed by atoms with Crippen LogP contribution in [0.3, 0.4) is 0 Å². The molecule has 0 bridgehead atoms. The van der Waals surface area contributed by atoms with Crippen LogP contribution < -0.4 is 0 Å². The predicted octanol–water partition coefficient (Wildman–Crippen LogP) is 3.09. The molecule has 1 atom stereocenters. The van der Waals surface area contributed by atoms with Crippen LogP contribution in [-0.4, -0.2) is 34.4 Å². The van der Waals surface area contributed by atoms with Crippen LogP contribution in [0.25, 0.3) is 0 Å². The van der Waals surface area contributed by atoms with Crippen molar-refractivity contribution < 1.29 is 4.74 Å². The first-order chi connectivity index (χ1) is 10.7. The Morgan fingerprint density at radius 2 is 2.32 bits per heavy atom. The molecule has 0 saturated heterocycles. The molecule has 118 valence electrons. The Balaban J connectivity index is 1.70. The number of aryl methyl sites for hydroxylation is 1. The number of fused-ring (bicyclic) bond motifs is 1. The van der Waals surface area contributed by atoms with Gasteiger partial charge in [0, 0.05) is 48.0 Å². The summed E-state index contributed by atoms with van der Waals surface area (Å²) in [6.07, 6.45) is 3.71. The highest BCUT2D eigenvalue weighted by atomic mass is 32.1. The summed E-state index contributed by atoms with van der Waals surface area (Å²) >= 11 is 1.89. The molecule has 0 amide bonds. The van der Waals surface area contributed by atoms with Gasteiger partial charge in [0.1, 0.15) is 0 Å². The van der Waals surface area contributed by atoms with E-state index in [0.717, 1.165) is 32.8 Å². The SMILES string of the molecule is C=CCOCC1CN(Cc2ccc(C)s2)Cc2ccnn2C1. The predicted molar refractivity (Wildman–Crippen MR) is 89.9 cm³/mol. The van der Waals surface area contributed by atoms with E-state index in [2.05, 4.69) is 46.4 Å². The van der Waals surface area contributed by atoms with Crippen LogP contribution in [-0.2, 0) is 24.4 Å². The molecular weight excluding hydrogens is 294 g/mol. The van der Waals surface area contributed by atoms with Gasteiger partial charge in [-0.2, -0.15) is 5.10 Å². The van der Waals surface area contributed by atoms with Crippen molar-refractivity contribution in [3.8, 4) is 0 Å². The van der Waals surface area contributed by atoms with E-state index in [4.69, 9.17) is 4.74 Å². The zero-order valence-corrected chi connectivity index (χ0v) is 13.9. The highest BCUT2D eigenvalue weighted by molar-refractivity contribution is 7.11. The first-order valence-electron chi connectivity index (χ1n) is 7.71. The molecule has 22 heavy (non-hydrogen) atoms. The number of hydrogen-bond donors (Lipinski definition) is 0. The highest BCUT2D eigenvalue weighted by Gasteiger charge is 2.22. The van der Waals surface area contributed by atoms with E-state index in [9.17, 15) is 0 Å². The van der Waals surface area contributed by atoms with Gasteiger partial charge in [0.25, 0.3) is 0 Å². The minimum atomic E-state index is 0.460. The maximum atomic E-state index is 5.69. The van der Waals surface area contributed by atoms with Gasteiger partial charge in [-0.3, -0.25) is 9.58 Å². The standard InChI is InChI=1S/C17H23N3OS/c1-3-8-21-13-15-9-19(12-17-5-4-14(2)22-17)11-16-6-7-18-20(16)10-15/h3-7,15H,1,8-13H2,2H3. The van der Waals surface area contributed by atoms with Crippen molar-refractivity contribution in [2.75, 3.05) is 19.8 Å². The topological polar surface area (TPSA) is 30.3 Å². The minimum absolute atomic E-state index is 0.460. The van der Waals surface area contributed by atoms with E-state index < -0.39 is 0 Å². The van der Waals surface area contributed by atoms with Crippen LogP contribution in [0.4, 0.5) is 0 Å². The molecule has 0 fully saturated rings. The summed E-state index contributed by atoms with van der Waals surface area (Å²) in [7, 11) is 0. The fourth-order valence-corrected chi connectivity index (χ4v) is 3.89. The van der Waals surface area contributed by atoms with Crippen LogP contribution >= 0.6 is 11.3 Å². The van der Waals surface area contributed by atoms with Crippen molar-refractivity contribution in [2.24, 2.45) is 5.92 Å². The summed E-state index contributed by atoms with van der Waals surface area (Å²) in [5, 5.41) is 4.46. The van der Waals surface area contributed by atoms with E-state index in [0.29, 0.717) is 12.5 Å². The van der Waals surface area contributed by atoms with Crippen molar-refractivity contribution in [1.29, 1.82) is 0 Å². The largest absolute Gasteiger partial charge is 0.377 e. The lowest BCUT2D eigenvalue weighted by atomic mass is 10.1. The Kier molecular flexibility index (Phi) is 5.08. The monoisotopic (exact) mass is 317 g/mol. The quantitative estimate of drug-likeness (QED) is 0.606. The number of ether oxygens (including phenoxy) is 1. The number of hydrogen-bond acceptors (Lipinski definition) is 4. The second-order valence-electron chi connectivity index (χ2n) is 5.88. The molecule has 0 N–H and O–H groups in total. The Bertz CT molecular complexity index is 619. The third-order valence-corrected chi connectivity index (χ3v) is 4.89. The molecule has 5 heteroatoms. The molecular formula is C17H23N3OS. The van der Waals surface area contributed by atoms with Crippen molar-refractivity contribution in [2.45, 2.75) is 26.6 Å². The Morgan fingerprint density at radius 3 is 3.09 bits per heavy atom. The zero-order chi connectivity index (χ0) is 15.4. The number of nitrogens with zero attached hydrogens (tertiary/aromatic N) is 3. The Hall–Kier alpha value is -1.43. The van der Waals surface area contributed by atoms with Gasteiger partial charge in [-0.25, -0.2) is 0 Å². The van der Waals surface area contributed by atoms with Crippen LogP contribution in [0.1, 0.15) is 15.4 Å². The molecule has 0 aliphatic carbocycles. The van der Waals surface area contributed by atoms with Gasteiger partial charge in [-0.15, -0.1) is 17.9 Å². The van der Waals surface area contributed by atoms with Crippen LogP contribution in [0, 0.1) is 12.8 Å². The second-order valence-corrected chi connectivity index (χ2v) is 7.25. The van der Waals surface area contributed by atoms with Gasteiger partial charge in [-0.05, 0) is 25.1 Å². The minimum Gasteiger partial charge on any atom is -0.377 e. The summed E-state index contributed by atoms with van der Waals surface area (Å²) in [5.41, 5.74) is 1.29. The molecule has 4 nitrogen and oxygen atoms in total. The Morgan fingerprint density at radius 1 is 1.41 bits per heavy atom. The molecule has 0 aromatic carbocycles. The maximum absolute atomic E-state index is 5.69. The number of rotatable bonds is 6. The average molecular weight is 317 g/mol. The summed E-state index contributed by atoms with van der Waals surface area (Å²) < 4.78 is 7.82. The summed E-state index contributed by atoms with van der Waals surface area (Å²) in [6.45, 7) is 11.2. The highest BCUT2D eigenvalue weighted by Crippen LogP contribution is 2.22. The number of aromatic nitrogens is 2. The van der Waals surface area contributed by atoms with Gasteiger partial charge in [0.15, 0.2) is 0 Å². The third kappa shape index (κ3) is 3.85. The number of thiophene rings is 1. The van der Waals surface area contributed by atoms with E-state index in [-0.39, 0.29) is 0 Å². The first-order valence-corrected chi connectivity index (χ1v) is 8.53. The van der Waals surface area contributed by atoms with Crippen molar-refractivity contribution in [1.82, 2.24) is 14.7 Å². The Labute approximate surface area is 136 Å². The fraction of sp³-hybridized carbons (Fsp3) is 0.471.